The van der Waals surface area contributed by atoms with Crippen LogP contribution in [0.1, 0.15) is 43.5 Å². The molecule has 3 heteroatoms. The predicted molar refractivity (Wildman–Crippen MR) is 74.8 cm³/mol. The molecule has 1 fully saturated rings. The summed E-state index contributed by atoms with van der Waals surface area (Å²) in [4.78, 5) is 14.4. The van der Waals surface area contributed by atoms with Gasteiger partial charge < -0.3 is 4.90 Å². The lowest BCUT2D eigenvalue weighted by atomic mass is 9.84. The lowest BCUT2D eigenvalue weighted by Gasteiger charge is -2.37. The first kappa shape index (κ1) is 14.2. The van der Waals surface area contributed by atoms with Gasteiger partial charge in [-0.25, -0.2) is 4.39 Å². The van der Waals surface area contributed by atoms with Crippen molar-refractivity contribution in [2.24, 2.45) is 5.41 Å². The zero-order chi connectivity index (χ0) is 13.9. The van der Waals surface area contributed by atoms with Crippen molar-refractivity contribution in [3.8, 4) is 0 Å². The summed E-state index contributed by atoms with van der Waals surface area (Å²) in [6.45, 7) is 7.43. The Morgan fingerprint density at radius 3 is 2.89 bits per heavy atom. The largest absolute Gasteiger partial charge is 0.302 e. The molecule has 104 valence electrons. The molecule has 1 aliphatic rings. The second-order valence-corrected chi connectivity index (χ2v) is 6.23. The maximum absolute atomic E-state index is 13.1. The highest BCUT2D eigenvalue weighted by Gasteiger charge is 2.26. The number of ketones is 1. The van der Waals surface area contributed by atoms with Crippen LogP contribution < -0.4 is 0 Å². The molecule has 2 nitrogen and oxygen atoms in total. The molecule has 0 spiro atoms. The fourth-order valence-corrected chi connectivity index (χ4v) is 2.80. The van der Waals surface area contributed by atoms with Gasteiger partial charge in [-0.15, -0.1) is 0 Å². The number of Topliss-reactive ketones (excluding diaryl/α,β-unsaturated/α-hetero) is 1. The van der Waals surface area contributed by atoms with Crippen LogP contribution in [0, 0.1) is 11.2 Å². The van der Waals surface area contributed by atoms with Crippen LogP contribution in [0.25, 0.3) is 0 Å². The van der Waals surface area contributed by atoms with E-state index in [1.54, 1.807) is 12.1 Å². The molecule has 1 heterocycles. The van der Waals surface area contributed by atoms with Crippen molar-refractivity contribution in [1.82, 2.24) is 4.90 Å². The molecule has 0 N–H and O–H groups in total. The van der Waals surface area contributed by atoms with Gasteiger partial charge in [-0.05, 0) is 36.9 Å². The van der Waals surface area contributed by atoms with E-state index < -0.39 is 0 Å². The summed E-state index contributed by atoms with van der Waals surface area (Å²) in [7, 11) is 0. The summed E-state index contributed by atoms with van der Waals surface area (Å²) < 4.78 is 13.1. The summed E-state index contributed by atoms with van der Waals surface area (Å²) in [5.41, 5.74) is 0.830. The zero-order valence-electron chi connectivity index (χ0n) is 11.8. The Morgan fingerprint density at radius 2 is 2.21 bits per heavy atom. The third-order valence-corrected chi connectivity index (χ3v) is 3.78. The third kappa shape index (κ3) is 4.13. The van der Waals surface area contributed by atoms with Crippen molar-refractivity contribution in [2.75, 3.05) is 19.6 Å². The molecule has 1 aromatic rings. The standard InChI is InChI=1S/C16H22FNO/c1-16(2)8-4-9-18(12-16)10-7-15(19)13-5-3-6-14(17)11-13/h3,5-6,11H,4,7-10,12H2,1-2H3. The lowest BCUT2D eigenvalue weighted by Crippen LogP contribution is -2.40. The molecule has 0 unspecified atom stereocenters. The van der Waals surface area contributed by atoms with E-state index in [-0.39, 0.29) is 11.6 Å². The van der Waals surface area contributed by atoms with Crippen molar-refractivity contribution < 1.29 is 9.18 Å². The van der Waals surface area contributed by atoms with Crippen molar-refractivity contribution in [3.63, 3.8) is 0 Å². The summed E-state index contributed by atoms with van der Waals surface area (Å²) in [6, 6.07) is 5.96. The van der Waals surface area contributed by atoms with Gasteiger partial charge >= 0.3 is 0 Å². The van der Waals surface area contributed by atoms with E-state index in [0.29, 0.717) is 17.4 Å². The first-order valence-electron chi connectivity index (χ1n) is 6.97. The Labute approximate surface area is 114 Å². The van der Waals surface area contributed by atoms with Crippen LogP contribution in [-0.4, -0.2) is 30.3 Å². The molecule has 1 saturated heterocycles. The van der Waals surface area contributed by atoms with E-state index in [2.05, 4.69) is 18.7 Å². The number of halogens is 1. The molecular formula is C16H22FNO. The van der Waals surface area contributed by atoms with E-state index >= 15 is 0 Å². The van der Waals surface area contributed by atoms with E-state index in [0.717, 1.165) is 19.6 Å². The van der Waals surface area contributed by atoms with Crippen LogP contribution >= 0.6 is 0 Å². The Hall–Kier alpha value is -1.22. The minimum Gasteiger partial charge on any atom is -0.302 e. The van der Waals surface area contributed by atoms with Gasteiger partial charge in [0.2, 0.25) is 0 Å². The maximum Gasteiger partial charge on any atom is 0.164 e. The molecule has 0 aliphatic carbocycles. The molecule has 0 aromatic heterocycles. The molecule has 0 amide bonds. The van der Waals surface area contributed by atoms with Crippen LogP contribution in [-0.2, 0) is 0 Å². The number of hydrogen-bond acceptors (Lipinski definition) is 2. The molecule has 0 saturated carbocycles. The lowest BCUT2D eigenvalue weighted by molar-refractivity contribution is 0.0895. The fraction of sp³-hybridized carbons (Fsp3) is 0.562. The van der Waals surface area contributed by atoms with E-state index in [1.165, 1.54) is 25.0 Å². The van der Waals surface area contributed by atoms with Gasteiger partial charge in [0, 0.05) is 25.1 Å². The number of piperidine rings is 1. The van der Waals surface area contributed by atoms with Crippen LogP contribution in [0.3, 0.4) is 0 Å². The highest BCUT2D eigenvalue weighted by atomic mass is 19.1. The first-order valence-corrected chi connectivity index (χ1v) is 6.97. The quantitative estimate of drug-likeness (QED) is 0.775. The van der Waals surface area contributed by atoms with Crippen LogP contribution in [0.15, 0.2) is 24.3 Å². The third-order valence-electron chi connectivity index (χ3n) is 3.78. The second kappa shape index (κ2) is 5.83. The monoisotopic (exact) mass is 263 g/mol. The van der Waals surface area contributed by atoms with Crippen molar-refractivity contribution >= 4 is 5.78 Å². The molecule has 19 heavy (non-hydrogen) atoms. The minimum absolute atomic E-state index is 0.0304. The van der Waals surface area contributed by atoms with Crippen LogP contribution in [0.2, 0.25) is 0 Å². The number of rotatable bonds is 4. The number of carbonyl (C=O) groups excluding carboxylic acids is 1. The number of likely N-dealkylation sites (tertiary alicyclic amines) is 1. The van der Waals surface area contributed by atoms with Gasteiger partial charge in [-0.1, -0.05) is 26.0 Å². The number of carbonyl (C=O) groups is 1. The zero-order valence-corrected chi connectivity index (χ0v) is 11.8. The van der Waals surface area contributed by atoms with Crippen LogP contribution in [0.5, 0.6) is 0 Å². The predicted octanol–water partition coefficient (Wildman–Crippen LogP) is 3.52. The normalized spacial score (nSPS) is 19.3. The van der Waals surface area contributed by atoms with Crippen molar-refractivity contribution in [3.05, 3.63) is 35.6 Å². The average molecular weight is 263 g/mol. The summed E-state index contributed by atoms with van der Waals surface area (Å²) in [5, 5.41) is 0. The molecule has 2 rings (SSSR count). The number of hydrogen-bond donors (Lipinski definition) is 0. The van der Waals surface area contributed by atoms with Gasteiger partial charge in [-0.2, -0.15) is 0 Å². The Kier molecular flexibility index (Phi) is 4.35. The summed E-state index contributed by atoms with van der Waals surface area (Å²) in [6.07, 6.45) is 2.92. The Balaban J connectivity index is 1.87. The van der Waals surface area contributed by atoms with Gasteiger partial charge in [0.25, 0.3) is 0 Å². The van der Waals surface area contributed by atoms with E-state index in [9.17, 15) is 9.18 Å². The molecule has 0 atom stereocenters. The Bertz CT molecular complexity index is 456. The second-order valence-electron chi connectivity index (χ2n) is 6.23. The average Bonchev–Trinajstić information content (AvgIpc) is 2.35. The van der Waals surface area contributed by atoms with Gasteiger partial charge in [0.15, 0.2) is 5.78 Å². The summed E-state index contributed by atoms with van der Waals surface area (Å²) in [5.74, 6) is -0.312. The molecule has 0 bridgehead atoms. The topological polar surface area (TPSA) is 20.3 Å². The van der Waals surface area contributed by atoms with Gasteiger partial charge in [0.1, 0.15) is 5.82 Å². The highest BCUT2D eigenvalue weighted by Crippen LogP contribution is 2.28. The molecule has 1 aromatic carbocycles. The fourth-order valence-electron chi connectivity index (χ4n) is 2.80. The van der Waals surface area contributed by atoms with Gasteiger partial charge in [-0.3, -0.25) is 4.79 Å². The van der Waals surface area contributed by atoms with E-state index in [1.807, 2.05) is 0 Å². The maximum atomic E-state index is 13.1. The van der Waals surface area contributed by atoms with Gasteiger partial charge in [0.05, 0.1) is 0 Å². The smallest absolute Gasteiger partial charge is 0.164 e. The summed E-state index contributed by atoms with van der Waals surface area (Å²) >= 11 is 0. The van der Waals surface area contributed by atoms with Crippen LogP contribution in [0.4, 0.5) is 4.39 Å². The number of benzene rings is 1. The van der Waals surface area contributed by atoms with E-state index in [4.69, 9.17) is 0 Å². The SMILES string of the molecule is CC1(C)CCCN(CCC(=O)c2cccc(F)c2)C1. The Morgan fingerprint density at radius 1 is 1.42 bits per heavy atom. The molecule has 1 aliphatic heterocycles. The van der Waals surface area contributed by atoms with Crippen molar-refractivity contribution in [2.45, 2.75) is 33.1 Å². The molecule has 0 radical (unpaired) electrons. The number of nitrogens with zero attached hydrogens (tertiary/aromatic N) is 1. The molecular weight excluding hydrogens is 241 g/mol. The minimum atomic E-state index is -0.343. The van der Waals surface area contributed by atoms with Crippen molar-refractivity contribution in [1.29, 1.82) is 0 Å². The highest BCUT2D eigenvalue weighted by molar-refractivity contribution is 5.96. The first-order chi connectivity index (χ1) is 8.96.